The van der Waals surface area contributed by atoms with Gasteiger partial charge < -0.3 is 14.2 Å². The van der Waals surface area contributed by atoms with E-state index >= 15 is 0 Å². The number of hydrogen-bond acceptors (Lipinski definition) is 4. The van der Waals surface area contributed by atoms with Crippen LogP contribution >= 0.6 is 0 Å². The van der Waals surface area contributed by atoms with Crippen molar-refractivity contribution in [2.24, 2.45) is 4.99 Å². The second-order valence-electron chi connectivity index (χ2n) is 4.18. The van der Waals surface area contributed by atoms with Gasteiger partial charge in [0.2, 0.25) is 0 Å². The first-order valence-corrected chi connectivity index (χ1v) is 5.62. The third kappa shape index (κ3) is 1.18. The minimum atomic E-state index is -0.937. The zero-order valence-corrected chi connectivity index (χ0v) is 9.87. The van der Waals surface area contributed by atoms with Crippen LogP contribution in [0.25, 0.3) is 0 Å². The van der Waals surface area contributed by atoms with Gasteiger partial charge in [-0.15, -0.1) is 0 Å². The Labute approximate surface area is 90.6 Å². The number of methoxy groups -OCH3 is 1. The molecule has 0 aromatic heterocycles. The summed E-state index contributed by atoms with van der Waals surface area (Å²) in [5.74, 6) is -0.269. The van der Waals surface area contributed by atoms with Crippen LogP contribution in [0.5, 0.6) is 0 Å². The molecule has 0 amide bonds. The predicted molar refractivity (Wildman–Crippen MR) is 56.7 cm³/mol. The summed E-state index contributed by atoms with van der Waals surface area (Å²) in [4.78, 5) is 4.62. The Morgan fingerprint density at radius 1 is 1.47 bits per heavy atom. The molecule has 3 atom stereocenters. The summed E-state index contributed by atoms with van der Waals surface area (Å²) in [5.41, 5.74) is -0.310. The Hall–Kier alpha value is -0.610. The average Bonchev–Trinajstić information content (AvgIpc) is 2.41. The van der Waals surface area contributed by atoms with Gasteiger partial charge in [-0.25, -0.2) is 4.99 Å². The second kappa shape index (κ2) is 3.46. The molecule has 0 bridgehead atoms. The summed E-state index contributed by atoms with van der Waals surface area (Å²) < 4.78 is 16.7. The van der Waals surface area contributed by atoms with E-state index < -0.39 is 5.97 Å². The standard InChI is InChI=1S/C11H19NO3/c1-5-7-10-9(6-2)15-11(10,13-4)14-8(3)12-10/h9H,5-7H2,1-4H3/t9-,10+,11-/m1/s1. The van der Waals surface area contributed by atoms with Crippen LogP contribution in [0.4, 0.5) is 0 Å². The van der Waals surface area contributed by atoms with E-state index in [4.69, 9.17) is 14.2 Å². The third-order valence-corrected chi connectivity index (χ3v) is 3.27. The maximum absolute atomic E-state index is 5.72. The number of hydrogen-bond donors (Lipinski definition) is 0. The van der Waals surface area contributed by atoms with Crippen molar-refractivity contribution in [3.05, 3.63) is 0 Å². The fraction of sp³-hybridized carbons (Fsp3) is 0.909. The number of fused-ring (bicyclic) bond motifs is 1. The van der Waals surface area contributed by atoms with Gasteiger partial charge in [0.15, 0.2) is 11.4 Å². The molecule has 0 aliphatic carbocycles. The zero-order valence-electron chi connectivity index (χ0n) is 9.87. The Morgan fingerprint density at radius 3 is 2.73 bits per heavy atom. The first-order valence-electron chi connectivity index (χ1n) is 5.62. The van der Waals surface area contributed by atoms with Gasteiger partial charge in [-0.1, -0.05) is 20.3 Å². The SMILES string of the molecule is CCC[C@@]12N=C(C)O[C@@]1(OC)O[C@@H]2CC. The van der Waals surface area contributed by atoms with Gasteiger partial charge in [0.1, 0.15) is 0 Å². The number of rotatable bonds is 4. The lowest BCUT2D eigenvalue weighted by Gasteiger charge is -2.54. The van der Waals surface area contributed by atoms with Crippen LogP contribution in [0.2, 0.25) is 0 Å². The molecule has 0 saturated carbocycles. The largest absolute Gasteiger partial charge is 0.424 e. The van der Waals surface area contributed by atoms with Crippen molar-refractivity contribution in [1.82, 2.24) is 0 Å². The van der Waals surface area contributed by atoms with Crippen molar-refractivity contribution in [2.75, 3.05) is 7.11 Å². The van der Waals surface area contributed by atoms with Gasteiger partial charge in [-0.3, -0.25) is 0 Å². The molecule has 0 aromatic carbocycles. The van der Waals surface area contributed by atoms with E-state index in [1.165, 1.54) is 0 Å². The van der Waals surface area contributed by atoms with E-state index in [0.717, 1.165) is 19.3 Å². The highest BCUT2D eigenvalue weighted by atomic mass is 16.9. The van der Waals surface area contributed by atoms with Crippen LogP contribution in [0, 0.1) is 0 Å². The third-order valence-electron chi connectivity index (χ3n) is 3.27. The topological polar surface area (TPSA) is 40.0 Å². The van der Waals surface area contributed by atoms with Gasteiger partial charge in [0.25, 0.3) is 0 Å². The first-order chi connectivity index (χ1) is 7.14. The molecule has 15 heavy (non-hydrogen) atoms. The van der Waals surface area contributed by atoms with Crippen molar-refractivity contribution >= 4 is 5.90 Å². The molecule has 0 N–H and O–H groups in total. The molecule has 2 rings (SSSR count). The first kappa shape index (κ1) is 10.9. The predicted octanol–water partition coefficient (Wildman–Crippen LogP) is 2.08. The van der Waals surface area contributed by atoms with Gasteiger partial charge in [0, 0.05) is 14.0 Å². The Balaban J connectivity index is 2.31. The van der Waals surface area contributed by atoms with Gasteiger partial charge in [-0.2, -0.15) is 0 Å². The number of ether oxygens (including phenoxy) is 3. The summed E-state index contributed by atoms with van der Waals surface area (Å²) in [6, 6.07) is 0. The smallest absolute Gasteiger partial charge is 0.357 e. The molecule has 86 valence electrons. The number of nitrogens with zero attached hydrogens (tertiary/aromatic N) is 1. The highest BCUT2D eigenvalue weighted by Crippen LogP contribution is 2.54. The molecular weight excluding hydrogens is 194 g/mol. The van der Waals surface area contributed by atoms with Crippen molar-refractivity contribution < 1.29 is 14.2 Å². The lowest BCUT2D eigenvalue weighted by atomic mass is 9.79. The molecule has 2 heterocycles. The summed E-state index contributed by atoms with van der Waals surface area (Å²) >= 11 is 0. The second-order valence-corrected chi connectivity index (χ2v) is 4.18. The fourth-order valence-electron chi connectivity index (χ4n) is 2.72. The van der Waals surface area contributed by atoms with Crippen LogP contribution in [0.3, 0.4) is 0 Å². The molecule has 2 aliphatic heterocycles. The molecule has 0 aromatic rings. The minimum Gasteiger partial charge on any atom is -0.424 e. The summed E-state index contributed by atoms with van der Waals surface area (Å²) in [6.07, 6.45) is 3.04. The maximum atomic E-state index is 5.72. The molecule has 0 unspecified atom stereocenters. The average molecular weight is 213 g/mol. The van der Waals surface area contributed by atoms with Crippen LogP contribution < -0.4 is 0 Å². The van der Waals surface area contributed by atoms with Crippen LogP contribution in [0.1, 0.15) is 40.0 Å². The molecule has 1 fully saturated rings. The summed E-state index contributed by atoms with van der Waals surface area (Å²) in [5, 5.41) is 0. The molecule has 1 saturated heterocycles. The molecule has 0 spiro atoms. The highest BCUT2D eigenvalue weighted by molar-refractivity contribution is 5.76. The zero-order chi connectivity index (χ0) is 11.1. The summed E-state index contributed by atoms with van der Waals surface area (Å²) in [7, 11) is 1.62. The Kier molecular flexibility index (Phi) is 2.51. The molecule has 4 nitrogen and oxygen atoms in total. The maximum Gasteiger partial charge on any atom is 0.357 e. The highest BCUT2D eigenvalue weighted by Gasteiger charge is 2.73. The molecule has 4 heteroatoms. The minimum absolute atomic E-state index is 0.120. The lowest BCUT2D eigenvalue weighted by molar-refractivity contribution is -0.461. The van der Waals surface area contributed by atoms with E-state index in [1.807, 2.05) is 6.92 Å². The van der Waals surface area contributed by atoms with Crippen LogP contribution in [-0.4, -0.2) is 30.6 Å². The fourth-order valence-corrected chi connectivity index (χ4v) is 2.72. The van der Waals surface area contributed by atoms with E-state index in [9.17, 15) is 0 Å². The molecular formula is C11H19NO3. The van der Waals surface area contributed by atoms with E-state index in [2.05, 4.69) is 18.8 Å². The van der Waals surface area contributed by atoms with Crippen molar-refractivity contribution in [1.29, 1.82) is 0 Å². The van der Waals surface area contributed by atoms with Crippen molar-refractivity contribution in [3.63, 3.8) is 0 Å². The van der Waals surface area contributed by atoms with Gasteiger partial charge in [0.05, 0.1) is 6.10 Å². The van der Waals surface area contributed by atoms with Crippen molar-refractivity contribution in [3.8, 4) is 0 Å². The number of aliphatic imine (C=N–C) groups is 1. The lowest BCUT2D eigenvalue weighted by Crippen LogP contribution is -2.72. The van der Waals surface area contributed by atoms with Gasteiger partial charge >= 0.3 is 5.97 Å². The van der Waals surface area contributed by atoms with Crippen LogP contribution in [-0.2, 0) is 14.2 Å². The van der Waals surface area contributed by atoms with E-state index in [-0.39, 0.29) is 11.6 Å². The molecule has 0 radical (unpaired) electrons. The van der Waals surface area contributed by atoms with Crippen LogP contribution in [0.15, 0.2) is 4.99 Å². The van der Waals surface area contributed by atoms with Gasteiger partial charge in [-0.05, 0) is 12.8 Å². The summed E-state index contributed by atoms with van der Waals surface area (Å²) in [6.45, 7) is 6.10. The quantitative estimate of drug-likeness (QED) is 0.717. The Morgan fingerprint density at radius 2 is 2.20 bits per heavy atom. The Bertz CT molecular complexity index is 292. The molecule has 2 aliphatic rings. The van der Waals surface area contributed by atoms with Crippen molar-refractivity contribution in [2.45, 2.75) is 57.6 Å². The van der Waals surface area contributed by atoms with E-state index in [0.29, 0.717) is 5.90 Å². The monoisotopic (exact) mass is 213 g/mol. The normalized spacial score (nSPS) is 42.9. The van der Waals surface area contributed by atoms with E-state index in [1.54, 1.807) is 7.11 Å².